The van der Waals surface area contributed by atoms with E-state index in [-0.39, 0.29) is 21.3 Å². The van der Waals surface area contributed by atoms with Gasteiger partial charge in [0.2, 0.25) is 15.9 Å². The highest BCUT2D eigenvalue weighted by atomic mass is 35.5. The van der Waals surface area contributed by atoms with Gasteiger partial charge in [0, 0.05) is 11.9 Å². The van der Waals surface area contributed by atoms with Crippen LogP contribution in [0.4, 0.5) is 17.1 Å². The lowest BCUT2D eigenvalue weighted by Gasteiger charge is -2.22. The van der Waals surface area contributed by atoms with E-state index in [1.807, 2.05) is 0 Å². The van der Waals surface area contributed by atoms with E-state index in [1.54, 1.807) is 12.1 Å². The van der Waals surface area contributed by atoms with Crippen molar-refractivity contribution >= 4 is 54.6 Å². The summed E-state index contributed by atoms with van der Waals surface area (Å²) in [5.74, 6) is -0.280. The molecule has 13 heteroatoms. The molecule has 0 radical (unpaired) electrons. The molecule has 0 bridgehead atoms. The molecule has 10 nitrogen and oxygen atoms in total. The Morgan fingerprint density at radius 1 is 1.06 bits per heavy atom. The van der Waals surface area contributed by atoms with Crippen molar-refractivity contribution < 1.29 is 26.4 Å². The highest BCUT2D eigenvalue weighted by molar-refractivity contribution is 7.92. The summed E-state index contributed by atoms with van der Waals surface area (Å²) < 4.78 is 57.9. The van der Waals surface area contributed by atoms with Gasteiger partial charge in [-0.15, -0.1) is 0 Å². The van der Waals surface area contributed by atoms with E-state index in [4.69, 9.17) is 16.3 Å². The number of hydrogen-bond donors (Lipinski definition) is 2. The molecule has 1 amide bonds. The lowest BCUT2D eigenvalue weighted by molar-refractivity contribution is -0.114. The highest BCUT2D eigenvalue weighted by Gasteiger charge is 2.22. The van der Waals surface area contributed by atoms with E-state index in [1.165, 1.54) is 62.0 Å². The van der Waals surface area contributed by atoms with Crippen LogP contribution in [0.3, 0.4) is 0 Å². The summed E-state index contributed by atoms with van der Waals surface area (Å²) in [5, 5.41) is 2.74. The SMILES string of the molecule is COc1ccc(N(CC(=O)Nc2ccc(S(=O)(=O)Nc3cccnc3)cc2)S(C)(=O)=O)cc1Cl. The van der Waals surface area contributed by atoms with Gasteiger partial charge in [0.05, 0.1) is 40.9 Å². The Kier molecular flexibility index (Phi) is 7.64. The third-order valence-corrected chi connectivity index (χ3v) is 7.31. The molecule has 0 saturated carbocycles. The fraction of sp³-hybridized carbons (Fsp3) is 0.143. The Bertz CT molecular complexity index is 1380. The van der Waals surface area contributed by atoms with Gasteiger partial charge in [0.1, 0.15) is 12.3 Å². The number of halogens is 1. The molecule has 0 spiro atoms. The standard InChI is InChI=1S/C21H21ClN4O6S2/c1-32-20-10-7-17(12-19(20)22)26(33(2,28)29)14-21(27)24-15-5-8-18(9-6-15)34(30,31)25-16-4-3-11-23-13-16/h3-13,25H,14H2,1-2H3,(H,24,27). The molecule has 0 aliphatic rings. The predicted octanol–water partition coefficient (Wildman–Crippen LogP) is 2.95. The molecule has 3 aromatic rings. The van der Waals surface area contributed by atoms with Gasteiger partial charge < -0.3 is 10.1 Å². The van der Waals surface area contributed by atoms with Gasteiger partial charge in [-0.3, -0.25) is 18.8 Å². The van der Waals surface area contributed by atoms with Crippen LogP contribution in [0.1, 0.15) is 0 Å². The number of nitrogens with one attached hydrogen (secondary N) is 2. The van der Waals surface area contributed by atoms with E-state index in [9.17, 15) is 21.6 Å². The van der Waals surface area contributed by atoms with Crippen molar-refractivity contribution in [3.8, 4) is 5.75 Å². The van der Waals surface area contributed by atoms with Crippen molar-refractivity contribution in [1.82, 2.24) is 4.98 Å². The number of benzene rings is 2. The minimum absolute atomic E-state index is 0.0278. The molecule has 2 N–H and O–H groups in total. The van der Waals surface area contributed by atoms with Crippen LogP contribution in [0.25, 0.3) is 0 Å². The van der Waals surface area contributed by atoms with E-state index in [0.717, 1.165) is 10.6 Å². The van der Waals surface area contributed by atoms with Gasteiger partial charge in [-0.2, -0.15) is 0 Å². The molecule has 34 heavy (non-hydrogen) atoms. The number of carbonyl (C=O) groups excluding carboxylic acids is 1. The average molecular weight is 525 g/mol. The van der Waals surface area contributed by atoms with Crippen LogP contribution in [-0.4, -0.2) is 47.6 Å². The minimum atomic E-state index is -3.86. The zero-order valence-electron chi connectivity index (χ0n) is 18.1. The van der Waals surface area contributed by atoms with E-state index >= 15 is 0 Å². The molecule has 1 heterocycles. The first kappa shape index (κ1) is 25.3. The third kappa shape index (κ3) is 6.37. The molecule has 0 atom stereocenters. The summed E-state index contributed by atoms with van der Waals surface area (Å²) in [5.41, 5.74) is 0.775. The van der Waals surface area contributed by atoms with Crippen molar-refractivity contribution in [2.24, 2.45) is 0 Å². The first-order valence-corrected chi connectivity index (χ1v) is 13.3. The summed E-state index contributed by atoms with van der Waals surface area (Å²) in [4.78, 5) is 16.4. The zero-order valence-corrected chi connectivity index (χ0v) is 20.5. The summed E-state index contributed by atoms with van der Waals surface area (Å²) in [6.45, 7) is -0.524. The third-order valence-electron chi connectivity index (χ3n) is 4.47. The van der Waals surface area contributed by atoms with Crippen molar-refractivity contribution in [3.05, 3.63) is 72.0 Å². The van der Waals surface area contributed by atoms with Crippen LogP contribution in [0.5, 0.6) is 5.75 Å². The topological polar surface area (TPSA) is 135 Å². The van der Waals surface area contributed by atoms with E-state index in [2.05, 4.69) is 15.0 Å². The number of nitrogens with zero attached hydrogens (tertiary/aromatic N) is 2. The van der Waals surface area contributed by atoms with Gasteiger partial charge in [-0.05, 0) is 54.6 Å². The molecular formula is C21H21ClN4O6S2. The number of sulfonamides is 2. The maximum Gasteiger partial charge on any atom is 0.261 e. The quantitative estimate of drug-likeness (QED) is 0.439. The smallest absolute Gasteiger partial charge is 0.261 e. The van der Waals surface area contributed by atoms with Crippen LogP contribution in [0.15, 0.2) is 71.9 Å². The number of ether oxygens (including phenoxy) is 1. The second-order valence-corrected chi connectivity index (χ2v) is 11.0. The van der Waals surface area contributed by atoms with Crippen LogP contribution >= 0.6 is 11.6 Å². The van der Waals surface area contributed by atoms with E-state index < -0.39 is 32.5 Å². The maximum absolute atomic E-state index is 12.6. The van der Waals surface area contributed by atoms with Crippen LogP contribution < -0.4 is 19.1 Å². The molecule has 0 aliphatic heterocycles. The lowest BCUT2D eigenvalue weighted by Crippen LogP contribution is -2.37. The van der Waals surface area contributed by atoms with Crippen LogP contribution in [0.2, 0.25) is 5.02 Å². The number of methoxy groups -OCH3 is 1. The number of anilines is 3. The van der Waals surface area contributed by atoms with Gasteiger partial charge in [-0.1, -0.05) is 11.6 Å². The van der Waals surface area contributed by atoms with Crippen molar-refractivity contribution in [3.63, 3.8) is 0 Å². The fourth-order valence-electron chi connectivity index (χ4n) is 2.90. The number of amides is 1. The number of carbonyl (C=O) groups is 1. The lowest BCUT2D eigenvalue weighted by atomic mass is 10.3. The van der Waals surface area contributed by atoms with Crippen molar-refractivity contribution in [2.75, 3.05) is 34.3 Å². The average Bonchev–Trinajstić information content (AvgIpc) is 2.77. The predicted molar refractivity (Wildman–Crippen MR) is 130 cm³/mol. The summed E-state index contributed by atoms with van der Waals surface area (Å²) in [7, 11) is -6.25. The molecule has 3 rings (SSSR count). The van der Waals surface area contributed by atoms with Crippen molar-refractivity contribution in [1.29, 1.82) is 0 Å². The fourth-order valence-corrected chi connectivity index (χ4v) is 5.04. The second kappa shape index (κ2) is 10.3. The highest BCUT2D eigenvalue weighted by Crippen LogP contribution is 2.30. The zero-order chi connectivity index (χ0) is 24.9. The number of hydrogen-bond acceptors (Lipinski definition) is 7. The van der Waals surface area contributed by atoms with Gasteiger partial charge >= 0.3 is 0 Å². The van der Waals surface area contributed by atoms with Gasteiger partial charge in [0.15, 0.2) is 0 Å². The molecule has 0 aliphatic carbocycles. The largest absolute Gasteiger partial charge is 0.495 e. The number of aromatic nitrogens is 1. The molecule has 0 fully saturated rings. The molecule has 0 unspecified atom stereocenters. The first-order chi connectivity index (χ1) is 16.0. The second-order valence-electron chi connectivity index (χ2n) is 7.01. The van der Waals surface area contributed by atoms with Gasteiger partial charge in [-0.25, -0.2) is 16.8 Å². The Balaban J connectivity index is 1.72. The molecule has 0 saturated heterocycles. The Morgan fingerprint density at radius 2 is 1.76 bits per heavy atom. The molecule has 1 aromatic heterocycles. The normalized spacial score (nSPS) is 11.5. The summed E-state index contributed by atoms with van der Waals surface area (Å²) in [6.07, 6.45) is 3.85. The minimum Gasteiger partial charge on any atom is -0.495 e. The maximum atomic E-state index is 12.6. The first-order valence-electron chi connectivity index (χ1n) is 9.63. The number of rotatable bonds is 9. The van der Waals surface area contributed by atoms with Crippen LogP contribution in [0, 0.1) is 0 Å². The summed E-state index contributed by atoms with van der Waals surface area (Å²) >= 11 is 6.09. The molecular weight excluding hydrogens is 504 g/mol. The van der Waals surface area contributed by atoms with E-state index in [0.29, 0.717) is 11.4 Å². The Morgan fingerprint density at radius 3 is 2.32 bits per heavy atom. The Hall–Kier alpha value is -3.35. The number of pyridine rings is 1. The Labute approximate surface area is 202 Å². The van der Waals surface area contributed by atoms with Gasteiger partial charge in [0.25, 0.3) is 10.0 Å². The molecule has 180 valence electrons. The van der Waals surface area contributed by atoms with Crippen molar-refractivity contribution in [2.45, 2.75) is 4.90 Å². The molecule has 2 aromatic carbocycles. The monoisotopic (exact) mass is 524 g/mol. The summed E-state index contributed by atoms with van der Waals surface area (Å²) in [6, 6.07) is 12.9. The van der Waals surface area contributed by atoms with Crippen LogP contribution in [-0.2, 0) is 24.8 Å².